The summed E-state index contributed by atoms with van der Waals surface area (Å²) in [7, 11) is 0. The van der Waals surface area contributed by atoms with Crippen LogP contribution in [0.25, 0.3) is 0 Å². The predicted molar refractivity (Wildman–Crippen MR) is 71.2 cm³/mol. The summed E-state index contributed by atoms with van der Waals surface area (Å²) in [6, 6.07) is 0.908. The fourth-order valence-corrected chi connectivity index (χ4v) is 2.89. The number of amides is 1. The van der Waals surface area contributed by atoms with Gasteiger partial charge in [-0.2, -0.15) is 0 Å². The van der Waals surface area contributed by atoms with Crippen LogP contribution in [0.3, 0.4) is 0 Å². The van der Waals surface area contributed by atoms with Crippen LogP contribution in [0.15, 0.2) is 12.1 Å². The molecule has 6 heteroatoms. The Morgan fingerprint density at radius 2 is 2.00 bits per heavy atom. The topological polar surface area (TPSA) is 49.3 Å². The minimum absolute atomic E-state index is 0.0770. The van der Waals surface area contributed by atoms with Gasteiger partial charge in [-0.3, -0.25) is 4.79 Å². The summed E-state index contributed by atoms with van der Waals surface area (Å²) in [5, 5.41) is 12.7. The number of nitrogens with one attached hydrogen (secondary N) is 1. The van der Waals surface area contributed by atoms with E-state index in [4.69, 9.17) is 0 Å². The lowest BCUT2D eigenvalue weighted by Gasteiger charge is -2.35. The van der Waals surface area contributed by atoms with Gasteiger partial charge in [0.05, 0.1) is 5.60 Å². The number of rotatable bonds is 3. The highest BCUT2D eigenvalue weighted by Crippen LogP contribution is 2.31. The van der Waals surface area contributed by atoms with E-state index in [1.165, 1.54) is 0 Å². The summed E-state index contributed by atoms with van der Waals surface area (Å²) in [6.07, 6.45) is 2.91. The van der Waals surface area contributed by atoms with Crippen molar-refractivity contribution >= 4 is 5.91 Å². The Kier molecular flexibility index (Phi) is 4.56. The lowest BCUT2D eigenvalue weighted by molar-refractivity contribution is -0.0110. The third-order valence-corrected chi connectivity index (χ3v) is 3.88. The molecule has 3 nitrogen and oxygen atoms in total. The minimum atomic E-state index is -1.26. The van der Waals surface area contributed by atoms with E-state index in [-0.39, 0.29) is 6.54 Å². The highest BCUT2D eigenvalue weighted by atomic mass is 19.1. The molecule has 2 N–H and O–H groups in total. The lowest BCUT2D eigenvalue weighted by Crippen LogP contribution is -2.46. The normalized spacial score (nSPS) is 25.7. The van der Waals surface area contributed by atoms with Crippen LogP contribution >= 0.6 is 0 Å². The quantitative estimate of drug-likeness (QED) is 0.902. The molecule has 0 saturated heterocycles. The first-order valence-electron chi connectivity index (χ1n) is 6.96. The van der Waals surface area contributed by atoms with Crippen LogP contribution < -0.4 is 5.32 Å². The van der Waals surface area contributed by atoms with Crippen molar-refractivity contribution in [1.82, 2.24) is 5.32 Å². The molecule has 2 unspecified atom stereocenters. The van der Waals surface area contributed by atoms with Gasteiger partial charge >= 0.3 is 0 Å². The molecular formula is C15H18F3NO2. The first-order valence-corrected chi connectivity index (χ1v) is 6.96. The van der Waals surface area contributed by atoms with Crippen molar-refractivity contribution in [1.29, 1.82) is 0 Å². The second-order valence-corrected chi connectivity index (χ2v) is 5.85. The van der Waals surface area contributed by atoms with Gasteiger partial charge in [0.1, 0.15) is 23.0 Å². The molecule has 0 aromatic heterocycles. The summed E-state index contributed by atoms with van der Waals surface area (Å²) in [5.74, 6) is -4.25. The van der Waals surface area contributed by atoms with Crippen molar-refractivity contribution in [2.75, 3.05) is 6.54 Å². The third kappa shape index (κ3) is 3.75. The second kappa shape index (κ2) is 6.05. The van der Waals surface area contributed by atoms with E-state index in [9.17, 15) is 23.1 Å². The van der Waals surface area contributed by atoms with E-state index in [2.05, 4.69) is 5.32 Å². The van der Waals surface area contributed by atoms with Crippen molar-refractivity contribution in [3.8, 4) is 0 Å². The van der Waals surface area contributed by atoms with E-state index >= 15 is 0 Å². The average Bonchev–Trinajstić information content (AvgIpc) is 2.35. The monoisotopic (exact) mass is 301 g/mol. The Balaban J connectivity index is 2.05. The molecule has 1 aromatic rings. The highest BCUT2D eigenvalue weighted by Gasteiger charge is 2.33. The molecule has 2 rings (SSSR count). The molecule has 0 spiro atoms. The van der Waals surface area contributed by atoms with E-state index in [0.29, 0.717) is 30.9 Å². The molecule has 1 aliphatic carbocycles. The molecule has 0 radical (unpaired) electrons. The molecule has 0 heterocycles. The molecule has 1 fully saturated rings. The zero-order valence-electron chi connectivity index (χ0n) is 11.8. The summed E-state index contributed by atoms with van der Waals surface area (Å²) in [5.41, 5.74) is -1.89. The summed E-state index contributed by atoms with van der Waals surface area (Å²) < 4.78 is 39.8. The van der Waals surface area contributed by atoms with Crippen LogP contribution in [0, 0.1) is 23.4 Å². The van der Waals surface area contributed by atoms with E-state index in [0.717, 1.165) is 12.8 Å². The van der Waals surface area contributed by atoms with Gasteiger partial charge in [-0.05, 0) is 18.8 Å². The number of carbonyl (C=O) groups is 1. The molecule has 1 aromatic carbocycles. The SMILES string of the molecule is CC1CCCC(O)(CNC(=O)c2c(F)cc(F)cc2F)C1. The molecule has 0 bridgehead atoms. The van der Waals surface area contributed by atoms with Gasteiger partial charge in [-0.1, -0.05) is 19.8 Å². The van der Waals surface area contributed by atoms with Gasteiger partial charge in [0.25, 0.3) is 5.91 Å². The molecule has 21 heavy (non-hydrogen) atoms. The first-order chi connectivity index (χ1) is 9.81. The zero-order chi connectivity index (χ0) is 15.6. The number of aliphatic hydroxyl groups is 1. The molecule has 1 aliphatic rings. The Morgan fingerprint density at radius 3 is 2.57 bits per heavy atom. The fraction of sp³-hybridized carbons (Fsp3) is 0.533. The molecule has 1 saturated carbocycles. The molecule has 0 aliphatic heterocycles. The summed E-state index contributed by atoms with van der Waals surface area (Å²) >= 11 is 0. The number of halogens is 3. The van der Waals surface area contributed by atoms with Gasteiger partial charge in [-0.25, -0.2) is 13.2 Å². The van der Waals surface area contributed by atoms with E-state index < -0.39 is 34.5 Å². The standard InChI is InChI=1S/C15H18F3NO2/c1-9-3-2-4-15(21,7-9)8-19-14(20)13-11(17)5-10(16)6-12(13)18/h5-6,9,21H,2-4,7-8H2,1H3,(H,19,20). The largest absolute Gasteiger partial charge is 0.388 e. The Bertz CT molecular complexity index is 527. The summed E-state index contributed by atoms with van der Waals surface area (Å²) in [6.45, 7) is 1.93. The van der Waals surface area contributed by atoms with Crippen molar-refractivity contribution in [2.24, 2.45) is 5.92 Å². The van der Waals surface area contributed by atoms with Crippen LogP contribution in [0.4, 0.5) is 13.2 Å². The third-order valence-electron chi connectivity index (χ3n) is 3.88. The van der Waals surface area contributed by atoms with Crippen molar-refractivity contribution in [2.45, 2.75) is 38.2 Å². The summed E-state index contributed by atoms with van der Waals surface area (Å²) in [4.78, 5) is 11.8. The minimum Gasteiger partial charge on any atom is -0.388 e. The van der Waals surface area contributed by atoms with Crippen LogP contribution in [-0.2, 0) is 0 Å². The highest BCUT2D eigenvalue weighted by molar-refractivity contribution is 5.94. The van der Waals surface area contributed by atoms with Crippen molar-refractivity contribution in [3.05, 3.63) is 35.1 Å². The first kappa shape index (κ1) is 15.8. The number of hydrogen-bond acceptors (Lipinski definition) is 2. The van der Waals surface area contributed by atoms with Gasteiger partial charge in [-0.15, -0.1) is 0 Å². The molecular weight excluding hydrogens is 283 g/mol. The lowest BCUT2D eigenvalue weighted by atomic mass is 9.79. The van der Waals surface area contributed by atoms with Gasteiger partial charge in [0.2, 0.25) is 0 Å². The zero-order valence-corrected chi connectivity index (χ0v) is 11.8. The predicted octanol–water partition coefficient (Wildman–Crippen LogP) is 2.77. The fourth-order valence-electron chi connectivity index (χ4n) is 2.89. The van der Waals surface area contributed by atoms with Gasteiger partial charge in [0, 0.05) is 18.7 Å². The second-order valence-electron chi connectivity index (χ2n) is 5.85. The van der Waals surface area contributed by atoms with Gasteiger partial charge in [0.15, 0.2) is 0 Å². The maximum absolute atomic E-state index is 13.5. The van der Waals surface area contributed by atoms with Crippen LogP contribution in [0.2, 0.25) is 0 Å². The number of benzene rings is 1. The van der Waals surface area contributed by atoms with Crippen LogP contribution in [0.5, 0.6) is 0 Å². The van der Waals surface area contributed by atoms with E-state index in [1.807, 2.05) is 6.92 Å². The Hall–Kier alpha value is -1.56. The number of hydrogen-bond donors (Lipinski definition) is 2. The molecule has 2 atom stereocenters. The van der Waals surface area contributed by atoms with Crippen LogP contribution in [-0.4, -0.2) is 23.2 Å². The Labute approximate surface area is 121 Å². The Morgan fingerprint density at radius 1 is 1.38 bits per heavy atom. The molecule has 1 amide bonds. The van der Waals surface area contributed by atoms with Gasteiger partial charge < -0.3 is 10.4 Å². The van der Waals surface area contributed by atoms with Crippen molar-refractivity contribution in [3.63, 3.8) is 0 Å². The maximum atomic E-state index is 13.5. The van der Waals surface area contributed by atoms with E-state index in [1.54, 1.807) is 0 Å². The maximum Gasteiger partial charge on any atom is 0.257 e. The average molecular weight is 301 g/mol. The molecule has 116 valence electrons. The van der Waals surface area contributed by atoms with Crippen LogP contribution in [0.1, 0.15) is 43.0 Å². The van der Waals surface area contributed by atoms with Crippen molar-refractivity contribution < 1.29 is 23.1 Å². The smallest absolute Gasteiger partial charge is 0.257 e. The number of carbonyl (C=O) groups excluding carboxylic acids is 1.